The minimum Gasteiger partial charge on any atom is -1.00 e. The molecule has 0 radical (unpaired) electrons. The van der Waals surface area contributed by atoms with Crippen LogP contribution in [0.5, 0.6) is 5.75 Å². The summed E-state index contributed by atoms with van der Waals surface area (Å²) in [6, 6.07) is 11.7. The van der Waals surface area contributed by atoms with Gasteiger partial charge in [-0.2, -0.15) is 16.8 Å². The molecule has 2 rings (SSSR count). The van der Waals surface area contributed by atoms with E-state index in [0.717, 1.165) is 25.7 Å². The zero-order valence-corrected chi connectivity index (χ0v) is 29.6. The Balaban J connectivity index is -0.00000361. The van der Waals surface area contributed by atoms with Gasteiger partial charge in [-0.3, -0.25) is 4.55 Å². The first kappa shape index (κ1) is 39.1. The summed E-state index contributed by atoms with van der Waals surface area (Å²) in [6.07, 6.45) is 17.4. The molecule has 0 aliphatic carbocycles. The first-order valence-electron chi connectivity index (χ1n) is 13.5. The Morgan fingerprint density at radius 1 is 0.667 bits per heavy atom. The SMILES string of the molecule is CCCCCCCCCCCCCCCCc1cccc(OOS(=O)(=O)c2ccccc2)c1S(=O)(=O)O.[H-].[H-].[Na+].[Na+]. The largest absolute Gasteiger partial charge is 1.00 e. The van der Waals surface area contributed by atoms with Crippen molar-refractivity contribution in [3.8, 4) is 5.75 Å². The van der Waals surface area contributed by atoms with Gasteiger partial charge in [0.25, 0.3) is 10.1 Å². The maximum absolute atomic E-state index is 12.3. The maximum atomic E-state index is 12.3. The number of unbranched alkanes of at least 4 members (excludes halogenated alkanes) is 13. The smallest absolute Gasteiger partial charge is 1.00 e. The minimum atomic E-state index is -4.67. The molecule has 0 saturated carbocycles. The van der Waals surface area contributed by atoms with Gasteiger partial charge in [-0.1, -0.05) is 125 Å². The summed E-state index contributed by atoms with van der Waals surface area (Å²) in [5.74, 6) is -0.370. The predicted molar refractivity (Wildman–Crippen MR) is 148 cm³/mol. The molecule has 0 atom stereocenters. The van der Waals surface area contributed by atoms with Crippen LogP contribution < -0.4 is 64.0 Å². The van der Waals surface area contributed by atoms with Crippen molar-refractivity contribution >= 4 is 20.2 Å². The molecule has 0 aliphatic heterocycles. The normalized spacial score (nSPS) is 11.4. The number of aryl methyl sites for hydroxylation is 1. The number of rotatable bonds is 20. The van der Waals surface area contributed by atoms with E-state index >= 15 is 0 Å². The zero-order chi connectivity index (χ0) is 27.0. The van der Waals surface area contributed by atoms with E-state index in [1.165, 1.54) is 94.5 Å². The topological polar surface area (TPSA) is 107 Å². The molecular formula is C28H44Na2O7S2. The van der Waals surface area contributed by atoms with Crippen molar-refractivity contribution in [2.45, 2.75) is 113 Å². The molecule has 11 heteroatoms. The van der Waals surface area contributed by atoms with E-state index in [9.17, 15) is 21.4 Å². The van der Waals surface area contributed by atoms with Gasteiger partial charge in [0.1, 0.15) is 4.90 Å². The van der Waals surface area contributed by atoms with Crippen LogP contribution in [0.1, 0.15) is 105 Å². The fraction of sp³-hybridized carbons (Fsp3) is 0.571. The van der Waals surface area contributed by atoms with Crippen molar-refractivity contribution in [2.24, 2.45) is 0 Å². The van der Waals surface area contributed by atoms with E-state index in [1.54, 1.807) is 18.2 Å². The number of hydrogen-bond acceptors (Lipinski definition) is 6. The average Bonchev–Trinajstić information content (AvgIpc) is 2.87. The summed E-state index contributed by atoms with van der Waals surface area (Å²) in [4.78, 5) is 4.32. The Bertz CT molecular complexity index is 1140. The Hall–Kier alpha value is 0.0600. The Morgan fingerprint density at radius 3 is 1.64 bits per heavy atom. The molecule has 0 saturated heterocycles. The molecule has 0 unspecified atom stereocenters. The third-order valence-electron chi connectivity index (χ3n) is 6.36. The van der Waals surface area contributed by atoms with Crippen molar-refractivity contribution in [2.75, 3.05) is 0 Å². The van der Waals surface area contributed by atoms with Gasteiger partial charge < -0.3 is 7.74 Å². The van der Waals surface area contributed by atoms with Gasteiger partial charge in [0.05, 0.1) is 4.90 Å². The first-order valence-corrected chi connectivity index (χ1v) is 16.4. The van der Waals surface area contributed by atoms with Crippen molar-refractivity contribution in [3.63, 3.8) is 0 Å². The second-order valence-electron chi connectivity index (χ2n) is 9.48. The van der Waals surface area contributed by atoms with Crippen LogP contribution in [0.15, 0.2) is 58.3 Å². The molecule has 39 heavy (non-hydrogen) atoms. The molecule has 2 aromatic carbocycles. The van der Waals surface area contributed by atoms with E-state index in [2.05, 4.69) is 11.3 Å². The summed E-state index contributed by atoms with van der Waals surface area (Å²) in [5.41, 5.74) is 0.361. The first-order chi connectivity index (χ1) is 17.8. The van der Waals surface area contributed by atoms with Crippen LogP contribution in [0.25, 0.3) is 0 Å². The van der Waals surface area contributed by atoms with Crippen molar-refractivity contribution in [1.82, 2.24) is 0 Å². The van der Waals surface area contributed by atoms with Crippen LogP contribution in [0, 0.1) is 0 Å². The molecule has 0 fully saturated rings. The van der Waals surface area contributed by atoms with Gasteiger partial charge >= 0.3 is 69.2 Å². The molecule has 1 N–H and O–H groups in total. The number of benzene rings is 2. The fourth-order valence-corrected chi connectivity index (χ4v) is 5.92. The quantitative estimate of drug-likeness (QED) is 0.0811. The number of hydrogen-bond donors (Lipinski definition) is 1. The molecule has 0 heterocycles. The van der Waals surface area contributed by atoms with Gasteiger partial charge in [-0.15, -0.1) is 0 Å². The Kier molecular flexibility index (Phi) is 21.8. The zero-order valence-electron chi connectivity index (χ0n) is 25.9. The fourth-order valence-electron chi connectivity index (χ4n) is 4.33. The van der Waals surface area contributed by atoms with E-state index in [0.29, 0.717) is 12.0 Å². The van der Waals surface area contributed by atoms with Crippen LogP contribution in [-0.4, -0.2) is 21.4 Å². The third kappa shape index (κ3) is 15.7. The molecule has 212 valence electrons. The van der Waals surface area contributed by atoms with Crippen molar-refractivity contribution in [1.29, 1.82) is 0 Å². The van der Waals surface area contributed by atoms with Gasteiger partial charge in [-0.25, -0.2) is 0 Å². The van der Waals surface area contributed by atoms with E-state index < -0.39 is 25.1 Å². The van der Waals surface area contributed by atoms with Gasteiger partial charge in [0, 0.05) is 0 Å². The molecular weight excluding hydrogens is 558 g/mol. The molecule has 0 aromatic heterocycles. The molecule has 2 aromatic rings. The summed E-state index contributed by atoms with van der Waals surface area (Å²) in [7, 11) is -8.94. The average molecular weight is 603 g/mol. The van der Waals surface area contributed by atoms with Gasteiger partial charge in [0.2, 0.25) is 0 Å². The molecule has 0 spiro atoms. The third-order valence-corrected chi connectivity index (χ3v) is 8.44. The summed E-state index contributed by atoms with van der Waals surface area (Å²) in [5, 5.41) is 0. The molecule has 0 aliphatic rings. The Labute approximate surface area is 283 Å². The molecule has 0 bridgehead atoms. The standard InChI is InChI=1S/C28H42O7S2.2Na.2H/c1-2-3-4-5-6-7-8-9-10-11-12-13-14-16-20-25-21-19-24-27(28(25)36(29,30)31)34-35-37(32,33)26-22-17-15-18-23-26;;;;/h15,17-19,21-24H,2-14,16,20H2,1H3,(H,29,30,31);;;;/q;2*+1;2*-1. The maximum Gasteiger partial charge on any atom is 1.00 e. The second kappa shape index (κ2) is 21.7. The van der Waals surface area contributed by atoms with Crippen molar-refractivity contribution < 1.29 is 92.6 Å². The van der Waals surface area contributed by atoms with E-state index in [4.69, 9.17) is 4.89 Å². The van der Waals surface area contributed by atoms with Crippen LogP contribution >= 0.6 is 0 Å². The van der Waals surface area contributed by atoms with Crippen LogP contribution in [0.2, 0.25) is 0 Å². The van der Waals surface area contributed by atoms with Gasteiger partial charge in [-0.05, 0) is 36.6 Å². The molecule has 7 nitrogen and oxygen atoms in total. The van der Waals surface area contributed by atoms with Crippen LogP contribution in [-0.2, 0) is 31.0 Å². The summed E-state index contributed by atoms with van der Waals surface area (Å²) >= 11 is 0. The van der Waals surface area contributed by atoms with Crippen LogP contribution in [0.4, 0.5) is 0 Å². The second-order valence-corrected chi connectivity index (χ2v) is 12.4. The Morgan fingerprint density at radius 2 is 1.15 bits per heavy atom. The van der Waals surface area contributed by atoms with E-state index in [-0.39, 0.29) is 72.6 Å². The predicted octanol–water partition coefficient (Wildman–Crippen LogP) is 1.89. The minimum absolute atomic E-state index is 0. The van der Waals surface area contributed by atoms with Crippen LogP contribution in [0.3, 0.4) is 0 Å². The van der Waals surface area contributed by atoms with Crippen molar-refractivity contribution in [3.05, 3.63) is 54.1 Å². The monoisotopic (exact) mass is 602 g/mol. The molecule has 0 amide bonds. The van der Waals surface area contributed by atoms with E-state index in [1.807, 2.05) is 0 Å². The van der Waals surface area contributed by atoms with Gasteiger partial charge in [0.15, 0.2) is 5.75 Å². The summed E-state index contributed by atoms with van der Waals surface area (Å²) < 4.78 is 63.2. The summed E-state index contributed by atoms with van der Waals surface area (Å²) in [6.45, 7) is 2.24.